The van der Waals surface area contributed by atoms with E-state index in [1.54, 1.807) is 0 Å². The van der Waals surface area contributed by atoms with Crippen molar-refractivity contribution in [3.63, 3.8) is 0 Å². The maximum atomic E-state index is 5.54. The van der Waals surface area contributed by atoms with Crippen molar-refractivity contribution < 1.29 is 4.74 Å². The van der Waals surface area contributed by atoms with Gasteiger partial charge in [-0.2, -0.15) is 0 Å². The van der Waals surface area contributed by atoms with Crippen LogP contribution in [0.5, 0.6) is 0 Å². The van der Waals surface area contributed by atoms with E-state index in [0.717, 1.165) is 37.6 Å². The summed E-state index contributed by atoms with van der Waals surface area (Å²) in [5.74, 6) is 1.09. The topological polar surface area (TPSA) is 25.4 Å². The summed E-state index contributed by atoms with van der Waals surface area (Å²) in [6.07, 6.45) is 0. The van der Waals surface area contributed by atoms with E-state index in [4.69, 9.17) is 9.72 Å². The molecule has 0 bridgehead atoms. The monoisotopic (exact) mass is 314 g/mol. The average molecular weight is 314 g/mol. The van der Waals surface area contributed by atoms with Crippen LogP contribution in [0.4, 0.5) is 5.82 Å². The lowest BCUT2D eigenvalue weighted by Gasteiger charge is -2.29. The molecule has 1 saturated heterocycles. The Bertz CT molecular complexity index is 1050. The Kier molecular flexibility index (Phi) is 3.13. The zero-order chi connectivity index (χ0) is 15.9. The molecular weight excluding hydrogens is 296 g/mol. The SMILES string of the molecule is c1ccc2c(c1)ccc1c3ccccc3nc(N3CCOCC3)c21. The van der Waals surface area contributed by atoms with Gasteiger partial charge in [0.05, 0.1) is 18.7 Å². The molecule has 3 aromatic carbocycles. The molecule has 0 spiro atoms. The summed E-state index contributed by atoms with van der Waals surface area (Å²) in [4.78, 5) is 7.41. The molecule has 0 amide bonds. The van der Waals surface area contributed by atoms with Gasteiger partial charge < -0.3 is 9.64 Å². The van der Waals surface area contributed by atoms with Crippen LogP contribution in [-0.4, -0.2) is 31.3 Å². The maximum Gasteiger partial charge on any atom is 0.137 e. The van der Waals surface area contributed by atoms with Crippen molar-refractivity contribution in [1.82, 2.24) is 4.98 Å². The zero-order valence-corrected chi connectivity index (χ0v) is 13.4. The van der Waals surface area contributed by atoms with Crippen molar-refractivity contribution in [2.75, 3.05) is 31.2 Å². The first-order valence-corrected chi connectivity index (χ1v) is 8.45. The molecule has 0 unspecified atom stereocenters. The fourth-order valence-corrected chi connectivity index (χ4v) is 3.71. The molecule has 0 saturated carbocycles. The van der Waals surface area contributed by atoms with Crippen LogP contribution in [0.3, 0.4) is 0 Å². The van der Waals surface area contributed by atoms with Crippen molar-refractivity contribution in [3.05, 3.63) is 60.7 Å². The molecule has 0 atom stereocenters. The lowest BCUT2D eigenvalue weighted by Crippen LogP contribution is -2.36. The van der Waals surface area contributed by atoms with Crippen LogP contribution < -0.4 is 4.90 Å². The molecule has 3 nitrogen and oxygen atoms in total. The summed E-state index contributed by atoms with van der Waals surface area (Å²) in [5, 5.41) is 6.29. The minimum Gasteiger partial charge on any atom is -0.378 e. The van der Waals surface area contributed by atoms with Gasteiger partial charge in [0.1, 0.15) is 5.82 Å². The molecular formula is C21H18N2O. The lowest BCUT2D eigenvalue weighted by molar-refractivity contribution is 0.122. The highest BCUT2D eigenvalue weighted by Crippen LogP contribution is 2.36. The summed E-state index contributed by atoms with van der Waals surface area (Å²) < 4.78 is 5.54. The first kappa shape index (κ1) is 13.8. The molecule has 1 fully saturated rings. The third-order valence-electron chi connectivity index (χ3n) is 4.88. The molecule has 0 N–H and O–H groups in total. The Labute approximate surface area is 140 Å². The Morgan fingerprint density at radius 2 is 1.50 bits per heavy atom. The number of ether oxygens (including phenoxy) is 1. The van der Waals surface area contributed by atoms with Crippen LogP contribution in [0.15, 0.2) is 60.7 Å². The Morgan fingerprint density at radius 1 is 0.750 bits per heavy atom. The van der Waals surface area contributed by atoms with Gasteiger partial charge in [-0.05, 0) is 22.2 Å². The van der Waals surface area contributed by atoms with Gasteiger partial charge >= 0.3 is 0 Å². The van der Waals surface area contributed by atoms with Gasteiger partial charge in [0.2, 0.25) is 0 Å². The molecule has 2 heterocycles. The standard InChI is InChI=1S/C21H18N2O/c1-2-6-16-15(5-1)9-10-18-17-7-3-4-8-19(17)22-21(20(16)18)23-11-13-24-14-12-23/h1-10H,11-14H2. The van der Waals surface area contributed by atoms with E-state index < -0.39 is 0 Å². The third kappa shape index (κ3) is 2.05. The molecule has 1 aliphatic rings. The van der Waals surface area contributed by atoms with Crippen molar-refractivity contribution in [2.24, 2.45) is 0 Å². The van der Waals surface area contributed by atoms with Crippen molar-refractivity contribution >= 4 is 38.3 Å². The number of para-hydroxylation sites is 1. The van der Waals surface area contributed by atoms with Crippen LogP contribution in [0.1, 0.15) is 0 Å². The van der Waals surface area contributed by atoms with Gasteiger partial charge in [-0.1, -0.05) is 54.6 Å². The summed E-state index contributed by atoms with van der Waals surface area (Å²) in [7, 11) is 0. The highest BCUT2D eigenvalue weighted by atomic mass is 16.5. The number of pyridine rings is 1. The van der Waals surface area contributed by atoms with E-state index in [1.165, 1.54) is 26.9 Å². The average Bonchev–Trinajstić information content (AvgIpc) is 2.67. The second-order valence-corrected chi connectivity index (χ2v) is 6.26. The minimum atomic E-state index is 0.765. The second kappa shape index (κ2) is 5.46. The fraction of sp³-hybridized carbons (Fsp3) is 0.190. The van der Waals surface area contributed by atoms with Gasteiger partial charge in [-0.3, -0.25) is 0 Å². The zero-order valence-electron chi connectivity index (χ0n) is 13.4. The van der Waals surface area contributed by atoms with Crippen LogP contribution in [-0.2, 0) is 4.74 Å². The number of morpholine rings is 1. The summed E-state index contributed by atoms with van der Waals surface area (Å²) >= 11 is 0. The normalized spacial score (nSPS) is 15.4. The van der Waals surface area contributed by atoms with Gasteiger partial charge in [-0.25, -0.2) is 4.98 Å². The van der Waals surface area contributed by atoms with E-state index in [1.807, 2.05) is 0 Å². The van der Waals surface area contributed by atoms with Crippen LogP contribution >= 0.6 is 0 Å². The van der Waals surface area contributed by atoms with Crippen LogP contribution in [0.25, 0.3) is 32.4 Å². The largest absolute Gasteiger partial charge is 0.378 e. The van der Waals surface area contributed by atoms with E-state index in [9.17, 15) is 0 Å². The van der Waals surface area contributed by atoms with E-state index in [0.29, 0.717) is 0 Å². The van der Waals surface area contributed by atoms with Crippen molar-refractivity contribution in [3.8, 4) is 0 Å². The second-order valence-electron chi connectivity index (χ2n) is 6.26. The summed E-state index contributed by atoms with van der Waals surface area (Å²) in [5.41, 5.74) is 1.06. The summed E-state index contributed by atoms with van der Waals surface area (Å²) in [6, 6.07) is 21.5. The number of anilines is 1. The van der Waals surface area contributed by atoms with Crippen molar-refractivity contribution in [1.29, 1.82) is 0 Å². The summed E-state index contributed by atoms with van der Waals surface area (Å²) in [6.45, 7) is 3.31. The quantitative estimate of drug-likeness (QED) is 0.488. The Hall–Kier alpha value is -2.65. The predicted octanol–water partition coefficient (Wildman–Crippen LogP) is 4.38. The van der Waals surface area contributed by atoms with Gasteiger partial charge in [-0.15, -0.1) is 0 Å². The molecule has 0 aliphatic carbocycles. The number of rotatable bonds is 1. The van der Waals surface area contributed by atoms with Gasteiger partial charge in [0.15, 0.2) is 0 Å². The molecule has 4 aromatic rings. The Morgan fingerprint density at radius 3 is 2.38 bits per heavy atom. The molecule has 1 aromatic heterocycles. The Balaban J connectivity index is 1.94. The number of hydrogen-bond donors (Lipinski definition) is 0. The van der Waals surface area contributed by atoms with E-state index >= 15 is 0 Å². The molecule has 24 heavy (non-hydrogen) atoms. The molecule has 5 rings (SSSR count). The number of benzene rings is 3. The molecule has 1 aliphatic heterocycles. The predicted molar refractivity (Wildman–Crippen MR) is 99.8 cm³/mol. The third-order valence-corrected chi connectivity index (χ3v) is 4.88. The first-order valence-electron chi connectivity index (χ1n) is 8.45. The maximum absolute atomic E-state index is 5.54. The van der Waals surface area contributed by atoms with E-state index in [-0.39, 0.29) is 0 Å². The van der Waals surface area contributed by atoms with Gasteiger partial charge in [0.25, 0.3) is 0 Å². The van der Waals surface area contributed by atoms with Crippen molar-refractivity contribution in [2.45, 2.75) is 0 Å². The number of hydrogen-bond acceptors (Lipinski definition) is 3. The van der Waals surface area contributed by atoms with Crippen LogP contribution in [0.2, 0.25) is 0 Å². The molecule has 0 radical (unpaired) electrons. The van der Waals surface area contributed by atoms with Gasteiger partial charge in [0, 0.05) is 23.9 Å². The minimum absolute atomic E-state index is 0.765. The molecule has 3 heteroatoms. The molecule has 118 valence electrons. The lowest BCUT2D eigenvalue weighted by atomic mass is 9.99. The fourth-order valence-electron chi connectivity index (χ4n) is 3.71. The highest BCUT2D eigenvalue weighted by Gasteiger charge is 2.18. The van der Waals surface area contributed by atoms with E-state index in [2.05, 4.69) is 65.6 Å². The number of nitrogens with zero attached hydrogens (tertiary/aromatic N) is 2. The highest BCUT2D eigenvalue weighted by molar-refractivity contribution is 6.20. The smallest absolute Gasteiger partial charge is 0.137 e. The first-order chi connectivity index (χ1) is 11.9. The van der Waals surface area contributed by atoms with Crippen LogP contribution in [0, 0.1) is 0 Å². The number of fused-ring (bicyclic) bond motifs is 5. The number of aromatic nitrogens is 1.